The average molecular weight is 507 g/mol. The van der Waals surface area contributed by atoms with Crippen molar-refractivity contribution in [2.45, 2.75) is 63.7 Å². The van der Waals surface area contributed by atoms with Gasteiger partial charge in [0.2, 0.25) is 0 Å². The predicted octanol–water partition coefficient (Wildman–Crippen LogP) is 5.51. The summed E-state index contributed by atoms with van der Waals surface area (Å²) < 4.78 is 240. The van der Waals surface area contributed by atoms with Crippen molar-refractivity contribution in [2.75, 3.05) is 0 Å². The second kappa shape index (κ2) is 4.71. The van der Waals surface area contributed by atoms with E-state index in [1.807, 2.05) is 4.74 Å². The fourth-order valence-electron chi connectivity index (χ4n) is 4.11. The zero-order valence-electron chi connectivity index (χ0n) is 12.7. The number of alkyl halides is 18. The van der Waals surface area contributed by atoms with Crippen molar-refractivity contribution in [3.05, 3.63) is 0 Å². The van der Waals surface area contributed by atoms with E-state index in [0.29, 0.717) is 0 Å². The van der Waals surface area contributed by atoms with Crippen LogP contribution in [0.5, 0.6) is 0 Å². The Hall–Kier alpha value is -0.940. The van der Waals surface area contributed by atoms with Gasteiger partial charge >= 0.3 is 63.7 Å². The van der Waals surface area contributed by atoms with E-state index in [1.165, 1.54) is 0 Å². The quantitative estimate of drug-likeness (QED) is 0.355. The topological polar surface area (TPSA) is 9.23 Å². The first-order chi connectivity index (χ1) is 12.7. The van der Waals surface area contributed by atoms with Gasteiger partial charge in [0.1, 0.15) is 0 Å². The molecular formula is C11ClF17O. The molecule has 0 aromatic rings. The van der Waals surface area contributed by atoms with Crippen molar-refractivity contribution in [2.24, 2.45) is 0 Å². The van der Waals surface area contributed by atoms with Crippen LogP contribution in [-0.4, -0.2) is 63.7 Å². The molecule has 4 aliphatic carbocycles. The van der Waals surface area contributed by atoms with Gasteiger partial charge in [-0.15, -0.1) is 0 Å². The molecule has 176 valence electrons. The Labute approximate surface area is 156 Å². The molecule has 0 N–H and O–H groups in total. The van der Waals surface area contributed by atoms with Crippen molar-refractivity contribution >= 4 is 11.6 Å². The van der Waals surface area contributed by atoms with Gasteiger partial charge in [0.15, 0.2) is 0 Å². The molecule has 0 saturated heterocycles. The Morgan fingerprint density at radius 3 is 0.833 bits per heavy atom. The third-order valence-corrected chi connectivity index (χ3v) is 5.55. The first-order valence-corrected chi connectivity index (χ1v) is 7.19. The van der Waals surface area contributed by atoms with Gasteiger partial charge in [0.25, 0.3) is 0 Å². The van der Waals surface area contributed by atoms with E-state index in [-0.39, 0.29) is 0 Å². The molecule has 0 aromatic heterocycles. The largest absolute Gasteiger partial charge is 0.443 e. The number of halogens is 18. The Morgan fingerprint density at radius 2 is 0.633 bits per heavy atom. The highest BCUT2D eigenvalue weighted by molar-refractivity contribution is 6.20. The van der Waals surface area contributed by atoms with Crippen LogP contribution in [-0.2, 0) is 4.74 Å². The summed E-state index contributed by atoms with van der Waals surface area (Å²) in [6, 6.07) is 0. The molecule has 4 aliphatic rings. The van der Waals surface area contributed by atoms with Gasteiger partial charge in [0, 0.05) is 0 Å². The molecule has 4 bridgehead atoms. The maximum atomic E-state index is 14.7. The standard InChI is InChI=1S/C11ClF17O/c12-11(28,29)30-10(27)3(15)6(19,20)1(13)5(17,18)2(14,8(3,23)24)9(25,26)4(10,16)7(1,21)22. The van der Waals surface area contributed by atoms with Crippen molar-refractivity contribution in [1.82, 2.24) is 0 Å². The summed E-state index contributed by atoms with van der Waals surface area (Å²) in [7, 11) is 0. The first kappa shape index (κ1) is 23.7. The van der Waals surface area contributed by atoms with E-state index < -0.39 is 63.7 Å². The zero-order valence-corrected chi connectivity index (χ0v) is 13.5. The molecule has 0 spiro atoms. The van der Waals surface area contributed by atoms with Gasteiger partial charge in [-0.2, -0.15) is 52.7 Å². The van der Waals surface area contributed by atoms with Crippen molar-refractivity contribution < 1.29 is 79.4 Å². The van der Waals surface area contributed by atoms with Crippen LogP contribution in [0.3, 0.4) is 0 Å². The lowest BCUT2D eigenvalue weighted by molar-refractivity contribution is -0.624. The van der Waals surface area contributed by atoms with E-state index in [0.717, 1.165) is 0 Å². The third-order valence-electron chi connectivity index (χ3n) is 5.47. The highest BCUT2D eigenvalue weighted by atomic mass is 35.5. The molecule has 19 heteroatoms. The minimum Gasteiger partial charge on any atom is -0.262 e. The number of hydrogen-bond donors (Lipinski definition) is 0. The highest BCUT2D eigenvalue weighted by Gasteiger charge is 3.23. The summed E-state index contributed by atoms with van der Waals surface area (Å²) in [5, 5.41) is 0. The van der Waals surface area contributed by atoms with Gasteiger partial charge in [-0.1, -0.05) is 0 Å². The van der Waals surface area contributed by atoms with E-state index in [2.05, 4.69) is 11.6 Å². The van der Waals surface area contributed by atoms with Gasteiger partial charge in [0.05, 0.1) is 0 Å². The summed E-state index contributed by atoms with van der Waals surface area (Å²) in [5.74, 6) is -48.2. The molecule has 4 fully saturated rings. The Morgan fingerprint density at radius 1 is 0.433 bits per heavy atom. The van der Waals surface area contributed by atoms with Crippen LogP contribution >= 0.6 is 11.6 Å². The van der Waals surface area contributed by atoms with Crippen LogP contribution in [0.15, 0.2) is 0 Å². The molecule has 0 atom stereocenters. The summed E-state index contributed by atoms with van der Waals surface area (Å²) >= 11 is 3.69. The number of hydrogen-bond acceptors (Lipinski definition) is 1. The fourth-order valence-corrected chi connectivity index (χ4v) is 4.22. The van der Waals surface area contributed by atoms with Gasteiger partial charge in [-0.25, -0.2) is 22.0 Å². The van der Waals surface area contributed by atoms with E-state index in [1.54, 1.807) is 0 Å². The predicted molar refractivity (Wildman–Crippen MR) is 55.8 cm³/mol. The summed E-state index contributed by atoms with van der Waals surface area (Å²) in [6.45, 7) is 0. The molecule has 0 aromatic carbocycles. The lowest BCUT2D eigenvalue weighted by atomic mass is 9.40. The van der Waals surface area contributed by atoms with E-state index in [4.69, 9.17) is 0 Å². The molecule has 4 saturated carbocycles. The lowest BCUT2D eigenvalue weighted by Gasteiger charge is -2.74. The van der Waals surface area contributed by atoms with Crippen LogP contribution in [0.2, 0.25) is 0 Å². The van der Waals surface area contributed by atoms with Crippen molar-refractivity contribution in [1.29, 1.82) is 0 Å². The van der Waals surface area contributed by atoms with Gasteiger partial charge in [-0.05, 0) is 11.6 Å². The van der Waals surface area contributed by atoms with Crippen LogP contribution in [0.4, 0.5) is 74.6 Å². The maximum Gasteiger partial charge on any atom is 0.443 e. The molecule has 30 heavy (non-hydrogen) atoms. The maximum absolute atomic E-state index is 14.7. The summed E-state index contributed by atoms with van der Waals surface area (Å²) in [4.78, 5) is 0. The number of rotatable bonds is 2. The van der Waals surface area contributed by atoms with E-state index >= 15 is 0 Å². The van der Waals surface area contributed by atoms with Gasteiger partial charge < -0.3 is 0 Å². The summed E-state index contributed by atoms with van der Waals surface area (Å²) in [5.41, 5.74) is -38.3. The third kappa shape index (κ3) is 1.44. The monoisotopic (exact) mass is 506 g/mol. The molecule has 0 unspecified atom stereocenters. The van der Waals surface area contributed by atoms with Crippen LogP contribution in [0, 0.1) is 0 Å². The number of ether oxygens (including phenoxy) is 1. The van der Waals surface area contributed by atoms with Crippen molar-refractivity contribution in [3.63, 3.8) is 0 Å². The first-order valence-electron chi connectivity index (χ1n) is 6.81. The molecule has 0 radical (unpaired) electrons. The van der Waals surface area contributed by atoms with Crippen LogP contribution in [0.1, 0.15) is 0 Å². The molecule has 0 heterocycles. The Bertz CT molecular complexity index is 727. The van der Waals surface area contributed by atoms with Gasteiger partial charge in [-0.3, -0.25) is 4.74 Å². The fraction of sp³-hybridized carbons (Fsp3) is 1.00. The SMILES string of the molecule is FC(F)(Cl)OC1(F)C2(F)C(F)(F)C3(F)C(F)(F)C(F)(C2(F)F)C(F)(F)C1(F)C3(F)F. The molecular weight excluding hydrogens is 507 g/mol. The Balaban J connectivity index is 2.68. The molecule has 4 rings (SSSR count). The lowest BCUT2D eigenvalue weighted by Crippen LogP contribution is -3.09. The normalized spacial score (nSPS) is 51.8. The smallest absolute Gasteiger partial charge is 0.262 e. The second-order valence-corrected chi connectivity index (χ2v) is 7.09. The minimum atomic E-state index is -8.09. The molecule has 0 aliphatic heterocycles. The highest BCUT2D eigenvalue weighted by Crippen LogP contribution is 2.89. The van der Waals surface area contributed by atoms with Crippen LogP contribution < -0.4 is 0 Å². The van der Waals surface area contributed by atoms with Crippen LogP contribution in [0.25, 0.3) is 0 Å². The van der Waals surface area contributed by atoms with E-state index in [9.17, 15) is 74.6 Å². The zero-order chi connectivity index (χ0) is 24.2. The Kier molecular flexibility index (Phi) is 3.72. The average Bonchev–Trinajstić information content (AvgIpc) is 2.52. The second-order valence-electron chi connectivity index (χ2n) is 6.65. The molecule has 1 nitrogen and oxygen atoms in total. The summed E-state index contributed by atoms with van der Waals surface area (Å²) in [6.07, 6.45) is 0. The minimum absolute atomic E-state index is 1.93. The molecule has 0 amide bonds. The van der Waals surface area contributed by atoms with Crippen molar-refractivity contribution in [3.8, 4) is 0 Å².